The molecule has 0 aliphatic carbocycles. The molecular weight excluding hydrogens is 317 g/mol. The van der Waals surface area contributed by atoms with Crippen LogP contribution in [0.2, 0.25) is 15.1 Å². The number of carbonyl (C=O) groups excluding carboxylic acids is 1. The van der Waals surface area contributed by atoms with Crippen molar-refractivity contribution < 1.29 is 9.53 Å². The first-order chi connectivity index (χ1) is 7.25. The van der Waals surface area contributed by atoms with E-state index in [2.05, 4.69) is 0 Å². The number of hydrogen-bond acceptors (Lipinski definition) is 2. The molecule has 0 radical (unpaired) electrons. The number of alkyl halides is 2. The predicted molar refractivity (Wildman–Crippen MR) is 66.6 cm³/mol. The molecule has 1 aromatic carbocycles. The van der Waals surface area contributed by atoms with Crippen molar-refractivity contribution in [2.45, 2.75) is 11.4 Å². The highest BCUT2D eigenvalue weighted by Gasteiger charge is 2.33. The molecule has 0 N–H and O–H groups in total. The van der Waals surface area contributed by atoms with E-state index >= 15 is 0 Å². The highest BCUT2D eigenvalue weighted by atomic mass is 35.5. The monoisotopic (exact) mass is 320 g/mol. The van der Waals surface area contributed by atoms with E-state index in [-0.39, 0.29) is 20.6 Å². The van der Waals surface area contributed by atoms with E-state index in [9.17, 15) is 4.79 Å². The van der Waals surface area contributed by atoms with E-state index in [0.717, 1.165) is 0 Å². The fourth-order valence-corrected chi connectivity index (χ4v) is 2.28. The van der Waals surface area contributed by atoms with E-state index in [1.54, 1.807) is 0 Å². The standard InChI is InChI=1S/C9H5Cl5O2/c1-4(15)16-9(13,14)5-2-3-6(10)8(12)7(5)11/h2-3H,1H3. The molecule has 0 aliphatic rings. The molecule has 1 rings (SSSR count). The van der Waals surface area contributed by atoms with E-state index in [1.165, 1.54) is 19.1 Å². The summed E-state index contributed by atoms with van der Waals surface area (Å²) in [7, 11) is 0. The van der Waals surface area contributed by atoms with Gasteiger partial charge in [0, 0.05) is 12.5 Å². The van der Waals surface area contributed by atoms with Crippen molar-refractivity contribution in [1.29, 1.82) is 0 Å². The summed E-state index contributed by atoms with van der Waals surface area (Å²) in [5, 5.41) is 0.390. The Hall–Kier alpha value is 0.140. The maximum atomic E-state index is 10.8. The summed E-state index contributed by atoms with van der Waals surface area (Å²) in [6, 6.07) is 2.88. The lowest BCUT2D eigenvalue weighted by Crippen LogP contribution is -2.19. The average Bonchev–Trinajstić information content (AvgIpc) is 2.11. The van der Waals surface area contributed by atoms with Crippen LogP contribution in [0, 0.1) is 0 Å². The molecule has 0 heterocycles. The van der Waals surface area contributed by atoms with Crippen LogP contribution in [0.3, 0.4) is 0 Å². The molecule has 88 valence electrons. The Kier molecular flexibility index (Phi) is 4.61. The minimum Gasteiger partial charge on any atom is -0.424 e. The molecule has 2 nitrogen and oxygen atoms in total. The van der Waals surface area contributed by atoms with Gasteiger partial charge in [0.1, 0.15) is 0 Å². The van der Waals surface area contributed by atoms with Gasteiger partial charge in [0.15, 0.2) is 0 Å². The fourth-order valence-electron chi connectivity index (χ4n) is 0.986. The topological polar surface area (TPSA) is 26.3 Å². The van der Waals surface area contributed by atoms with E-state index < -0.39 is 10.5 Å². The van der Waals surface area contributed by atoms with Gasteiger partial charge in [-0.25, -0.2) is 0 Å². The van der Waals surface area contributed by atoms with Gasteiger partial charge >= 0.3 is 5.97 Å². The van der Waals surface area contributed by atoms with Crippen LogP contribution in [0.25, 0.3) is 0 Å². The molecule has 0 fully saturated rings. The van der Waals surface area contributed by atoms with Crippen molar-refractivity contribution in [3.05, 3.63) is 32.8 Å². The quantitative estimate of drug-likeness (QED) is 0.444. The van der Waals surface area contributed by atoms with Crippen LogP contribution < -0.4 is 0 Å². The average molecular weight is 322 g/mol. The zero-order valence-electron chi connectivity index (χ0n) is 7.86. The van der Waals surface area contributed by atoms with Crippen molar-refractivity contribution in [3.63, 3.8) is 0 Å². The van der Waals surface area contributed by atoms with Gasteiger partial charge in [-0.1, -0.05) is 58.0 Å². The first-order valence-electron chi connectivity index (χ1n) is 3.97. The fraction of sp³-hybridized carbons (Fsp3) is 0.222. The Bertz CT molecular complexity index is 430. The Labute approximate surface area is 117 Å². The van der Waals surface area contributed by atoms with Crippen LogP contribution >= 0.6 is 58.0 Å². The van der Waals surface area contributed by atoms with Gasteiger partial charge in [-0.05, 0) is 12.1 Å². The Morgan fingerprint density at radius 1 is 1.19 bits per heavy atom. The third-order valence-corrected chi connectivity index (χ3v) is 3.48. The van der Waals surface area contributed by atoms with Gasteiger partial charge in [0.05, 0.1) is 15.1 Å². The van der Waals surface area contributed by atoms with Gasteiger partial charge in [0.25, 0.3) is 4.52 Å². The highest BCUT2D eigenvalue weighted by molar-refractivity contribution is 6.51. The van der Waals surface area contributed by atoms with Crippen LogP contribution in [0.4, 0.5) is 0 Å². The summed E-state index contributed by atoms with van der Waals surface area (Å²) in [5.74, 6) is -0.646. The second-order valence-corrected chi connectivity index (χ2v) is 5.25. The minimum atomic E-state index is -1.89. The molecule has 0 aliphatic heterocycles. The van der Waals surface area contributed by atoms with Gasteiger partial charge in [-0.3, -0.25) is 4.79 Å². The number of rotatable bonds is 2. The van der Waals surface area contributed by atoms with Crippen molar-refractivity contribution in [1.82, 2.24) is 0 Å². The van der Waals surface area contributed by atoms with Crippen LogP contribution in [0.1, 0.15) is 12.5 Å². The van der Waals surface area contributed by atoms with Crippen molar-refractivity contribution in [2.75, 3.05) is 0 Å². The molecule has 0 aromatic heterocycles. The van der Waals surface area contributed by atoms with E-state index in [1.807, 2.05) is 0 Å². The largest absolute Gasteiger partial charge is 0.424 e. The van der Waals surface area contributed by atoms with Crippen LogP contribution in [-0.4, -0.2) is 5.97 Å². The maximum Gasteiger partial charge on any atom is 0.305 e. The Balaban J connectivity index is 3.23. The molecule has 0 bridgehead atoms. The van der Waals surface area contributed by atoms with Crippen molar-refractivity contribution >= 4 is 64.0 Å². The summed E-state index contributed by atoms with van der Waals surface area (Å²) in [4.78, 5) is 10.8. The summed E-state index contributed by atoms with van der Waals surface area (Å²) < 4.78 is 2.81. The first kappa shape index (κ1) is 14.2. The summed E-state index contributed by atoms with van der Waals surface area (Å²) >= 11 is 29.1. The molecule has 0 saturated carbocycles. The smallest absolute Gasteiger partial charge is 0.305 e. The summed E-state index contributed by atoms with van der Waals surface area (Å²) in [6.07, 6.45) is 0. The van der Waals surface area contributed by atoms with Gasteiger partial charge in [-0.15, -0.1) is 0 Å². The number of hydrogen-bond donors (Lipinski definition) is 0. The van der Waals surface area contributed by atoms with Gasteiger partial charge in [0.2, 0.25) is 0 Å². The van der Waals surface area contributed by atoms with Gasteiger partial charge < -0.3 is 4.74 Å². The van der Waals surface area contributed by atoms with Crippen molar-refractivity contribution in [2.24, 2.45) is 0 Å². The van der Waals surface area contributed by atoms with E-state index in [0.29, 0.717) is 0 Å². The molecule has 0 amide bonds. The lowest BCUT2D eigenvalue weighted by atomic mass is 10.2. The number of halogens is 5. The summed E-state index contributed by atoms with van der Waals surface area (Å²) in [5.41, 5.74) is 0.155. The predicted octanol–water partition coefficient (Wildman–Crippen LogP) is 4.80. The third-order valence-electron chi connectivity index (χ3n) is 1.62. The van der Waals surface area contributed by atoms with Crippen LogP contribution in [-0.2, 0) is 14.1 Å². The molecule has 0 spiro atoms. The third kappa shape index (κ3) is 3.08. The van der Waals surface area contributed by atoms with Gasteiger partial charge in [-0.2, -0.15) is 0 Å². The zero-order valence-corrected chi connectivity index (χ0v) is 11.6. The molecule has 0 unspecified atom stereocenters. The molecule has 0 saturated heterocycles. The number of benzene rings is 1. The SMILES string of the molecule is CC(=O)OC(Cl)(Cl)c1ccc(Cl)c(Cl)c1Cl. The second-order valence-electron chi connectivity index (χ2n) is 2.83. The normalized spacial score (nSPS) is 11.4. The second kappa shape index (κ2) is 5.19. The zero-order chi connectivity index (χ0) is 12.5. The number of carbonyl (C=O) groups is 1. The lowest BCUT2D eigenvalue weighted by Gasteiger charge is -2.21. The van der Waals surface area contributed by atoms with E-state index in [4.69, 9.17) is 62.7 Å². The van der Waals surface area contributed by atoms with Crippen LogP contribution in [0.5, 0.6) is 0 Å². The number of ether oxygens (including phenoxy) is 1. The molecule has 7 heteroatoms. The lowest BCUT2D eigenvalue weighted by molar-refractivity contribution is -0.145. The van der Waals surface area contributed by atoms with Crippen LogP contribution in [0.15, 0.2) is 12.1 Å². The highest BCUT2D eigenvalue weighted by Crippen LogP contribution is 2.43. The molecule has 1 aromatic rings. The maximum absolute atomic E-state index is 10.8. The van der Waals surface area contributed by atoms with Crippen molar-refractivity contribution in [3.8, 4) is 0 Å². The molecule has 16 heavy (non-hydrogen) atoms. The molecule has 0 atom stereocenters. The first-order valence-corrected chi connectivity index (χ1v) is 5.86. The number of esters is 1. The molecular formula is C9H5Cl5O2. The minimum absolute atomic E-state index is 0.0421. The Morgan fingerprint density at radius 2 is 1.75 bits per heavy atom. The Morgan fingerprint density at radius 3 is 2.25 bits per heavy atom. The summed E-state index contributed by atoms with van der Waals surface area (Å²) in [6.45, 7) is 1.17.